The molecule has 22 heavy (non-hydrogen) atoms. The number of hydrogen-bond donors (Lipinski definition) is 2. The Hall–Kier alpha value is -2.44. The lowest BCUT2D eigenvalue weighted by atomic mass is 10.1. The minimum atomic E-state index is -0.220. The van der Waals surface area contributed by atoms with Crippen LogP contribution < -0.4 is 11.1 Å². The topological polar surface area (TPSA) is 98.7 Å². The minimum absolute atomic E-state index is 0.131. The van der Waals surface area contributed by atoms with E-state index in [0.717, 1.165) is 24.1 Å². The van der Waals surface area contributed by atoms with E-state index in [9.17, 15) is 4.79 Å². The Balaban J connectivity index is 1.87. The zero-order chi connectivity index (χ0) is 16.1. The normalized spacial score (nSPS) is 10.9. The Morgan fingerprint density at radius 3 is 2.82 bits per heavy atom. The van der Waals surface area contributed by atoms with Crippen LogP contribution in [-0.4, -0.2) is 32.2 Å². The largest absolute Gasteiger partial charge is 0.368 e. The molecule has 7 nitrogen and oxygen atoms in total. The highest BCUT2D eigenvalue weighted by molar-refractivity contribution is 5.92. The molecule has 0 saturated carbocycles. The maximum Gasteiger partial charge on any atom is 0.270 e. The molecule has 0 aliphatic carbocycles. The fraction of sp³-hybridized carbons (Fsp3) is 0.467. The quantitative estimate of drug-likeness (QED) is 0.783. The molecule has 0 aliphatic heterocycles. The predicted octanol–water partition coefficient (Wildman–Crippen LogP) is 1.28. The van der Waals surface area contributed by atoms with Crippen molar-refractivity contribution in [2.45, 2.75) is 32.6 Å². The number of aryl methyl sites for hydroxylation is 2. The van der Waals surface area contributed by atoms with E-state index in [2.05, 4.69) is 20.4 Å². The van der Waals surface area contributed by atoms with Crippen molar-refractivity contribution in [3.8, 4) is 0 Å². The summed E-state index contributed by atoms with van der Waals surface area (Å²) in [6, 6.07) is 1.69. The summed E-state index contributed by atoms with van der Waals surface area (Å²) in [6.45, 7) is 4.57. The first-order chi connectivity index (χ1) is 10.5. The first-order valence-electron chi connectivity index (χ1n) is 7.36. The van der Waals surface area contributed by atoms with Gasteiger partial charge >= 0.3 is 0 Å². The van der Waals surface area contributed by atoms with E-state index in [-0.39, 0.29) is 17.8 Å². The smallest absolute Gasteiger partial charge is 0.270 e. The van der Waals surface area contributed by atoms with Gasteiger partial charge in [0.05, 0.1) is 6.20 Å². The van der Waals surface area contributed by atoms with E-state index in [1.807, 2.05) is 33.3 Å². The summed E-state index contributed by atoms with van der Waals surface area (Å²) < 4.78 is 1.77. The number of carbonyl (C=O) groups is 1. The number of carbonyl (C=O) groups excluding carboxylic acids is 1. The maximum absolute atomic E-state index is 12.1. The highest BCUT2D eigenvalue weighted by Crippen LogP contribution is 2.13. The third-order valence-electron chi connectivity index (χ3n) is 3.27. The zero-order valence-electron chi connectivity index (χ0n) is 13.2. The molecule has 118 valence electrons. The summed E-state index contributed by atoms with van der Waals surface area (Å²) in [6.07, 6.45) is 5.52. The van der Waals surface area contributed by atoms with Crippen LogP contribution in [-0.2, 0) is 13.5 Å². The number of aromatic nitrogens is 4. The Kier molecular flexibility index (Phi) is 5.08. The Labute approximate surface area is 130 Å². The predicted molar refractivity (Wildman–Crippen MR) is 84.4 cm³/mol. The summed E-state index contributed by atoms with van der Waals surface area (Å²) in [5, 5.41) is 6.97. The summed E-state index contributed by atoms with van der Waals surface area (Å²) in [5.41, 5.74) is 7.90. The molecule has 0 aromatic carbocycles. The van der Waals surface area contributed by atoms with Gasteiger partial charge in [0.15, 0.2) is 0 Å². The van der Waals surface area contributed by atoms with Crippen molar-refractivity contribution >= 4 is 11.9 Å². The summed E-state index contributed by atoms with van der Waals surface area (Å²) >= 11 is 0. The molecule has 0 aliphatic rings. The van der Waals surface area contributed by atoms with E-state index >= 15 is 0 Å². The van der Waals surface area contributed by atoms with Gasteiger partial charge in [0.1, 0.15) is 5.69 Å². The number of nitrogens with two attached hydrogens (primary N) is 1. The molecule has 0 unspecified atom stereocenters. The molecule has 1 amide bonds. The van der Waals surface area contributed by atoms with Crippen molar-refractivity contribution < 1.29 is 4.79 Å². The molecule has 0 bridgehead atoms. The van der Waals surface area contributed by atoms with Gasteiger partial charge in [-0.2, -0.15) is 5.10 Å². The highest BCUT2D eigenvalue weighted by atomic mass is 16.1. The number of amides is 1. The van der Waals surface area contributed by atoms with Crippen LogP contribution in [0, 0.1) is 0 Å². The van der Waals surface area contributed by atoms with Crippen LogP contribution in [0.1, 0.15) is 47.9 Å². The van der Waals surface area contributed by atoms with Crippen molar-refractivity contribution in [1.82, 2.24) is 25.1 Å². The van der Waals surface area contributed by atoms with Crippen molar-refractivity contribution in [3.05, 3.63) is 35.4 Å². The number of anilines is 1. The second-order valence-electron chi connectivity index (χ2n) is 5.57. The lowest BCUT2D eigenvalue weighted by Crippen LogP contribution is -2.26. The fourth-order valence-electron chi connectivity index (χ4n) is 2.08. The molecular weight excluding hydrogens is 280 g/mol. The lowest BCUT2D eigenvalue weighted by Gasteiger charge is -2.08. The van der Waals surface area contributed by atoms with Crippen LogP contribution in [0.3, 0.4) is 0 Å². The number of rotatable bonds is 6. The van der Waals surface area contributed by atoms with Crippen LogP contribution in [0.2, 0.25) is 0 Å². The monoisotopic (exact) mass is 302 g/mol. The fourth-order valence-corrected chi connectivity index (χ4v) is 2.08. The van der Waals surface area contributed by atoms with Crippen LogP contribution >= 0.6 is 0 Å². The van der Waals surface area contributed by atoms with Gasteiger partial charge in [-0.05, 0) is 30.4 Å². The molecular formula is C15H22N6O. The molecule has 0 saturated heterocycles. The van der Waals surface area contributed by atoms with Gasteiger partial charge in [-0.15, -0.1) is 0 Å². The molecule has 2 heterocycles. The van der Waals surface area contributed by atoms with E-state index < -0.39 is 0 Å². The number of nitrogens with one attached hydrogen (secondary N) is 1. The van der Waals surface area contributed by atoms with Crippen LogP contribution in [0.5, 0.6) is 0 Å². The molecule has 0 spiro atoms. The molecule has 0 atom stereocenters. The van der Waals surface area contributed by atoms with Crippen LogP contribution in [0.4, 0.5) is 5.95 Å². The Morgan fingerprint density at radius 2 is 2.18 bits per heavy atom. The molecule has 0 radical (unpaired) electrons. The highest BCUT2D eigenvalue weighted by Gasteiger charge is 2.12. The molecule has 7 heteroatoms. The second kappa shape index (κ2) is 7.02. The molecule has 2 aromatic heterocycles. The molecule has 2 aromatic rings. The second-order valence-corrected chi connectivity index (χ2v) is 5.57. The van der Waals surface area contributed by atoms with Gasteiger partial charge in [-0.3, -0.25) is 9.48 Å². The van der Waals surface area contributed by atoms with Crippen molar-refractivity contribution in [2.75, 3.05) is 12.3 Å². The lowest BCUT2D eigenvalue weighted by molar-refractivity contribution is 0.0948. The summed E-state index contributed by atoms with van der Waals surface area (Å²) in [4.78, 5) is 20.2. The van der Waals surface area contributed by atoms with E-state index in [1.54, 1.807) is 10.7 Å². The van der Waals surface area contributed by atoms with Crippen molar-refractivity contribution in [1.29, 1.82) is 0 Å². The van der Waals surface area contributed by atoms with Gasteiger partial charge in [0.2, 0.25) is 5.95 Å². The van der Waals surface area contributed by atoms with Gasteiger partial charge in [-0.25, -0.2) is 9.97 Å². The van der Waals surface area contributed by atoms with Gasteiger partial charge in [0, 0.05) is 25.5 Å². The third-order valence-corrected chi connectivity index (χ3v) is 3.27. The van der Waals surface area contributed by atoms with Crippen molar-refractivity contribution in [2.24, 2.45) is 7.05 Å². The molecule has 3 N–H and O–H groups in total. The number of nitrogen functional groups attached to an aromatic ring is 1. The first-order valence-corrected chi connectivity index (χ1v) is 7.36. The maximum atomic E-state index is 12.1. The Bertz CT molecular complexity index is 649. The zero-order valence-corrected chi connectivity index (χ0v) is 13.2. The van der Waals surface area contributed by atoms with Gasteiger partial charge < -0.3 is 11.1 Å². The number of hydrogen-bond acceptors (Lipinski definition) is 5. The van der Waals surface area contributed by atoms with Crippen LogP contribution in [0.15, 0.2) is 18.5 Å². The van der Waals surface area contributed by atoms with Crippen molar-refractivity contribution in [3.63, 3.8) is 0 Å². The molecule has 0 fully saturated rings. The standard InChI is InChI=1S/C15H22N6O/c1-10(2)12-7-13(20-15(16)19-12)14(22)17-6-4-5-11-8-18-21(3)9-11/h7-10H,4-6H2,1-3H3,(H,17,22)(H2,16,19,20). The average Bonchev–Trinajstić information content (AvgIpc) is 2.88. The summed E-state index contributed by atoms with van der Waals surface area (Å²) in [7, 11) is 1.89. The van der Waals surface area contributed by atoms with E-state index in [4.69, 9.17) is 5.73 Å². The SMILES string of the molecule is CC(C)c1cc(C(=O)NCCCc2cnn(C)c2)nc(N)n1. The number of nitrogens with zero attached hydrogens (tertiary/aromatic N) is 4. The first kappa shape index (κ1) is 15.9. The summed E-state index contributed by atoms with van der Waals surface area (Å²) in [5.74, 6) is 0.108. The van der Waals surface area contributed by atoms with Gasteiger partial charge in [-0.1, -0.05) is 13.8 Å². The van der Waals surface area contributed by atoms with Crippen LogP contribution in [0.25, 0.3) is 0 Å². The van der Waals surface area contributed by atoms with Gasteiger partial charge in [0.25, 0.3) is 5.91 Å². The minimum Gasteiger partial charge on any atom is -0.368 e. The van der Waals surface area contributed by atoms with E-state index in [0.29, 0.717) is 12.2 Å². The third kappa shape index (κ3) is 4.28. The molecule has 2 rings (SSSR count). The Morgan fingerprint density at radius 1 is 1.41 bits per heavy atom. The average molecular weight is 302 g/mol. The van der Waals surface area contributed by atoms with E-state index in [1.165, 1.54) is 0 Å².